The molecule has 0 aliphatic carbocycles. The van der Waals surface area contributed by atoms with E-state index in [1.54, 1.807) is 24.3 Å². The van der Waals surface area contributed by atoms with Gasteiger partial charge in [-0.1, -0.05) is 15.9 Å². The molecular formula is C16H14BrClN4O3. The van der Waals surface area contributed by atoms with E-state index in [4.69, 9.17) is 0 Å². The number of hydrogen-bond acceptors (Lipinski definition) is 4. The Morgan fingerprint density at radius 2 is 1.92 bits per heavy atom. The summed E-state index contributed by atoms with van der Waals surface area (Å²) in [6.45, 7) is 2.02. The molecule has 1 amide bonds. The fourth-order valence-corrected chi connectivity index (χ4v) is 2.78. The van der Waals surface area contributed by atoms with Crippen LogP contribution in [0, 0.1) is 6.92 Å². The summed E-state index contributed by atoms with van der Waals surface area (Å²) < 4.78 is 0.721. The lowest BCUT2D eigenvalue weighted by molar-refractivity contribution is 0.0950. The summed E-state index contributed by atoms with van der Waals surface area (Å²) in [4.78, 5) is 44.3. The average Bonchev–Trinajstić information content (AvgIpc) is 2.54. The molecule has 9 heteroatoms. The molecule has 2 heterocycles. The Kier molecular flexibility index (Phi) is 5.76. The third kappa shape index (κ3) is 4.15. The molecule has 0 aliphatic rings. The van der Waals surface area contributed by atoms with Crippen molar-refractivity contribution in [3.63, 3.8) is 0 Å². The Morgan fingerprint density at radius 1 is 1.20 bits per heavy atom. The number of aryl methyl sites for hydroxylation is 1. The van der Waals surface area contributed by atoms with E-state index in [-0.39, 0.29) is 24.9 Å². The predicted octanol–water partition coefficient (Wildman–Crippen LogP) is 2.03. The van der Waals surface area contributed by atoms with Gasteiger partial charge in [-0.05, 0) is 36.8 Å². The fraction of sp³-hybridized carbons (Fsp3) is 0.125. The highest BCUT2D eigenvalue weighted by molar-refractivity contribution is 9.10. The van der Waals surface area contributed by atoms with E-state index in [2.05, 4.69) is 36.2 Å². The van der Waals surface area contributed by atoms with Gasteiger partial charge >= 0.3 is 11.1 Å². The second-order valence-corrected chi connectivity index (χ2v) is 6.18. The molecule has 7 nitrogen and oxygen atoms in total. The number of H-pyrrole nitrogens is 2. The summed E-state index contributed by atoms with van der Waals surface area (Å²) >= 11 is 3.35. The zero-order chi connectivity index (χ0) is 17.3. The molecule has 0 unspecified atom stereocenters. The monoisotopic (exact) mass is 424 g/mol. The lowest BCUT2D eigenvalue weighted by atomic mass is 10.1. The zero-order valence-corrected chi connectivity index (χ0v) is 15.5. The first-order chi connectivity index (χ1) is 11.4. The van der Waals surface area contributed by atoms with Gasteiger partial charge in [0.05, 0.1) is 16.6 Å². The van der Waals surface area contributed by atoms with E-state index in [0.717, 1.165) is 10.2 Å². The van der Waals surface area contributed by atoms with Crippen LogP contribution >= 0.6 is 28.3 Å². The third-order valence-electron chi connectivity index (χ3n) is 3.49. The molecule has 0 radical (unpaired) electrons. The van der Waals surface area contributed by atoms with Crippen molar-refractivity contribution in [2.24, 2.45) is 0 Å². The van der Waals surface area contributed by atoms with Gasteiger partial charge in [-0.25, -0.2) is 0 Å². The van der Waals surface area contributed by atoms with E-state index >= 15 is 0 Å². The second-order valence-electron chi connectivity index (χ2n) is 5.27. The summed E-state index contributed by atoms with van der Waals surface area (Å²) in [5.74, 6) is -0.276. The van der Waals surface area contributed by atoms with Crippen molar-refractivity contribution in [3.05, 3.63) is 72.5 Å². The number of pyridine rings is 1. The quantitative estimate of drug-likeness (QED) is 0.558. The van der Waals surface area contributed by atoms with Crippen molar-refractivity contribution in [1.82, 2.24) is 20.3 Å². The summed E-state index contributed by atoms with van der Waals surface area (Å²) in [5, 5.41) is 2.77. The molecule has 0 fully saturated rings. The van der Waals surface area contributed by atoms with E-state index < -0.39 is 11.1 Å². The molecule has 3 rings (SSSR count). The number of amides is 1. The number of carbonyl (C=O) groups is 1. The third-order valence-corrected chi connectivity index (χ3v) is 3.95. The number of nitrogens with zero attached hydrogens (tertiary/aromatic N) is 1. The lowest BCUT2D eigenvalue weighted by Crippen LogP contribution is -2.30. The minimum Gasteiger partial charge on any atom is -0.348 e. The molecule has 25 heavy (non-hydrogen) atoms. The number of fused-ring (bicyclic) bond motifs is 1. The van der Waals surface area contributed by atoms with E-state index in [1.807, 2.05) is 6.92 Å². The van der Waals surface area contributed by atoms with E-state index in [0.29, 0.717) is 22.2 Å². The van der Waals surface area contributed by atoms with Crippen molar-refractivity contribution in [2.45, 2.75) is 13.5 Å². The lowest BCUT2D eigenvalue weighted by Gasteiger charge is -2.09. The highest BCUT2D eigenvalue weighted by atomic mass is 79.9. The van der Waals surface area contributed by atoms with Gasteiger partial charge in [-0.3, -0.25) is 19.4 Å². The molecule has 0 saturated carbocycles. The number of nitrogens with one attached hydrogen (secondary N) is 3. The molecule has 0 bridgehead atoms. The van der Waals surface area contributed by atoms with Crippen LogP contribution in [0.2, 0.25) is 0 Å². The van der Waals surface area contributed by atoms with Crippen LogP contribution < -0.4 is 16.4 Å². The van der Waals surface area contributed by atoms with Gasteiger partial charge in [-0.15, -0.1) is 12.4 Å². The van der Waals surface area contributed by atoms with Gasteiger partial charge in [0, 0.05) is 22.9 Å². The summed E-state index contributed by atoms with van der Waals surface area (Å²) in [7, 11) is 0. The zero-order valence-electron chi connectivity index (χ0n) is 13.1. The molecule has 130 valence electrons. The van der Waals surface area contributed by atoms with Crippen molar-refractivity contribution in [1.29, 1.82) is 0 Å². The van der Waals surface area contributed by atoms with Crippen molar-refractivity contribution in [2.75, 3.05) is 0 Å². The second kappa shape index (κ2) is 7.62. The first-order valence-corrected chi connectivity index (χ1v) is 7.89. The summed E-state index contributed by atoms with van der Waals surface area (Å²) in [6.07, 6.45) is 1.50. The molecule has 2 aromatic heterocycles. The highest BCUT2D eigenvalue weighted by Crippen LogP contribution is 2.20. The average molecular weight is 426 g/mol. The van der Waals surface area contributed by atoms with Gasteiger partial charge in [0.25, 0.3) is 5.91 Å². The van der Waals surface area contributed by atoms with Crippen LogP contribution in [0.3, 0.4) is 0 Å². The Bertz CT molecular complexity index is 1040. The van der Waals surface area contributed by atoms with Gasteiger partial charge in [0.15, 0.2) is 0 Å². The Labute approximate surface area is 156 Å². The number of rotatable bonds is 3. The number of aromatic amines is 2. The first kappa shape index (κ1) is 18.9. The number of hydrogen-bond donors (Lipinski definition) is 3. The first-order valence-electron chi connectivity index (χ1n) is 7.09. The maximum Gasteiger partial charge on any atom is 0.314 e. The number of carbonyl (C=O) groups excluding carboxylic acids is 1. The Balaban J connectivity index is 0.00000225. The van der Waals surface area contributed by atoms with Crippen LogP contribution in [0.4, 0.5) is 0 Å². The molecule has 1 aromatic carbocycles. The SMILES string of the molecule is Cc1ccc(C(=O)NCc2cc(Br)cc3[nH]c(=O)c(=O)[nH]c23)cn1.Cl. The Hall–Kier alpha value is -2.45. The van der Waals surface area contributed by atoms with Gasteiger partial charge in [0.2, 0.25) is 0 Å². The highest BCUT2D eigenvalue weighted by Gasteiger charge is 2.10. The van der Waals surface area contributed by atoms with Gasteiger partial charge in [0.1, 0.15) is 0 Å². The standard InChI is InChI=1S/C16H13BrN4O3.ClH/c1-8-2-3-9(6-18-8)14(22)19-7-10-4-11(17)5-12-13(10)21-16(24)15(23)20-12;/h2-6H,7H2,1H3,(H,19,22)(H,20,23)(H,21,24);1H. The number of aromatic nitrogens is 3. The molecule has 0 saturated heterocycles. The largest absolute Gasteiger partial charge is 0.348 e. The smallest absolute Gasteiger partial charge is 0.314 e. The predicted molar refractivity (Wildman–Crippen MR) is 100 cm³/mol. The van der Waals surface area contributed by atoms with Crippen LogP contribution in [0.5, 0.6) is 0 Å². The molecule has 3 aromatic rings. The fourth-order valence-electron chi connectivity index (χ4n) is 2.28. The Morgan fingerprint density at radius 3 is 2.60 bits per heavy atom. The van der Waals surface area contributed by atoms with Crippen LogP contribution in [-0.4, -0.2) is 20.9 Å². The number of benzene rings is 1. The van der Waals surface area contributed by atoms with Crippen LogP contribution in [0.25, 0.3) is 11.0 Å². The van der Waals surface area contributed by atoms with Crippen molar-refractivity contribution in [3.8, 4) is 0 Å². The van der Waals surface area contributed by atoms with Crippen LogP contribution in [0.1, 0.15) is 21.6 Å². The van der Waals surface area contributed by atoms with Crippen molar-refractivity contribution >= 4 is 45.3 Å². The minimum atomic E-state index is -0.736. The summed E-state index contributed by atoms with van der Waals surface area (Å²) in [5.41, 5.74) is 1.44. The normalized spacial score (nSPS) is 10.3. The molecule has 0 aliphatic heterocycles. The maximum atomic E-state index is 12.2. The number of halogens is 2. The molecule has 0 atom stereocenters. The molecular weight excluding hydrogens is 412 g/mol. The van der Waals surface area contributed by atoms with Crippen LogP contribution in [0.15, 0.2) is 44.5 Å². The molecule has 0 spiro atoms. The van der Waals surface area contributed by atoms with E-state index in [9.17, 15) is 14.4 Å². The topological polar surface area (TPSA) is 108 Å². The molecule has 3 N–H and O–H groups in total. The van der Waals surface area contributed by atoms with Gasteiger partial charge in [-0.2, -0.15) is 0 Å². The van der Waals surface area contributed by atoms with Crippen LogP contribution in [-0.2, 0) is 6.54 Å². The van der Waals surface area contributed by atoms with Gasteiger partial charge < -0.3 is 15.3 Å². The van der Waals surface area contributed by atoms with Crippen molar-refractivity contribution < 1.29 is 4.79 Å². The van der Waals surface area contributed by atoms with E-state index in [1.165, 1.54) is 6.20 Å². The maximum absolute atomic E-state index is 12.2. The minimum absolute atomic E-state index is 0. The summed E-state index contributed by atoms with van der Waals surface area (Å²) in [6, 6.07) is 6.90.